The number of ketones is 1. The van der Waals surface area contributed by atoms with Crippen molar-refractivity contribution in [2.75, 3.05) is 39.4 Å². The van der Waals surface area contributed by atoms with Crippen LogP contribution in [-0.4, -0.2) is 73.2 Å². The second kappa shape index (κ2) is 8.31. The van der Waals surface area contributed by atoms with Gasteiger partial charge >= 0.3 is 0 Å². The zero-order valence-electron chi connectivity index (χ0n) is 17.3. The predicted molar refractivity (Wildman–Crippen MR) is 107 cm³/mol. The maximum Gasteiger partial charge on any atom is 0.290 e. The maximum atomic E-state index is 14.8. The van der Waals surface area contributed by atoms with Crippen molar-refractivity contribution in [3.8, 4) is 0 Å². The molecule has 3 heterocycles. The predicted octanol–water partition coefficient (Wildman–Crippen LogP) is 2.40. The maximum absolute atomic E-state index is 14.8. The van der Waals surface area contributed by atoms with E-state index in [2.05, 4.69) is 4.90 Å². The first-order valence-electron chi connectivity index (χ1n) is 11.0. The molecule has 0 N–H and O–H groups in total. The van der Waals surface area contributed by atoms with Crippen LogP contribution in [0.4, 0.5) is 8.78 Å². The number of fused-ring (bicyclic) bond motifs is 1. The van der Waals surface area contributed by atoms with Crippen molar-refractivity contribution >= 4 is 11.7 Å². The highest BCUT2D eigenvalue weighted by atomic mass is 19.1. The van der Waals surface area contributed by atoms with Crippen molar-refractivity contribution in [3.05, 3.63) is 47.0 Å². The van der Waals surface area contributed by atoms with Crippen LogP contribution >= 0.6 is 0 Å². The van der Waals surface area contributed by atoms with Crippen molar-refractivity contribution in [1.82, 2.24) is 9.80 Å². The van der Waals surface area contributed by atoms with Crippen molar-refractivity contribution in [2.24, 2.45) is 5.92 Å². The number of amides is 1. The van der Waals surface area contributed by atoms with Gasteiger partial charge < -0.3 is 14.4 Å². The SMILES string of the molecule is O=C1C2=C(OC3CCC(F)CC13)C(=O)N(CCN1CCOCC1)C2c1ccccc1F. The van der Waals surface area contributed by atoms with Gasteiger partial charge in [0.05, 0.1) is 30.7 Å². The second-order valence-electron chi connectivity index (χ2n) is 8.66. The first kappa shape index (κ1) is 20.6. The van der Waals surface area contributed by atoms with Crippen LogP contribution in [-0.2, 0) is 19.1 Å². The monoisotopic (exact) mass is 432 g/mol. The fraction of sp³-hybridized carbons (Fsp3) is 0.565. The molecule has 0 bridgehead atoms. The third kappa shape index (κ3) is 3.65. The van der Waals surface area contributed by atoms with Gasteiger partial charge in [-0.05, 0) is 25.3 Å². The molecule has 3 aliphatic heterocycles. The number of ether oxygens (including phenoxy) is 2. The smallest absolute Gasteiger partial charge is 0.290 e. The van der Waals surface area contributed by atoms with Crippen LogP contribution in [0.1, 0.15) is 30.9 Å². The number of halogens is 2. The normalized spacial score (nSPS) is 31.5. The molecule has 1 saturated heterocycles. The van der Waals surface area contributed by atoms with Gasteiger partial charge in [0.2, 0.25) is 0 Å². The Hall–Kier alpha value is -2.32. The molecule has 2 fully saturated rings. The van der Waals surface area contributed by atoms with E-state index < -0.39 is 30.1 Å². The van der Waals surface area contributed by atoms with E-state index >= 15 is 0 Å². The quantitative estimate of drug-likeness (QED) is 0.732. The number of benzene rings is 1. The lowest BCUT2D eigenvalue weighted by atomic mass is 9.77. The van der Waals surface area contributed by atoms with Gasteiger partial charge in [-0.2, -0.15) is 0 Å². The van der Waals surface area contributed by atoms with Crippen LogP contribution in [0.15, 0.2) is 35.6 Å². The molecule has 1 amide bonds. The Morgan fingerprint density at radius 2 is 1.84 bits per heavy atom. The molecule has 0 radical (unpaired) electrons. The number of morpholine rings is 1. The summed E-state index contributed by atoms with van der Waals surface area (Å²) < 4.78 is 40.3. The van der Waals surface area contributed by atoms with Crippen LogP contribution in [0.2, 0.25) is 0 Å². The highest BCUT2D eigenvalue weighted by Crippen LogP contribution is 2.47. The topological polar surface area (TPSA) is 59.1 Å². The summed E-state index contributed by atoms with van der Waals surface area (Å²) in [5, 5.41) is 0. The zero-order chi connectivity index (χ0) is 21.5. The second-order valence-corrected chi connectivity index (χ2v) is 8.66. The number of rotatable bonds is 4. The third-order valence-corrected chi connectivity index (χ3v) is 6.84. The van der Waals surface area contributed by atoms with E-state index in [1.54, 1.807) is 23.1 Å². The number of carbonyl (C=O) groups excluding carboxylic acids is 2. The molecule has 1 aliphatic carbocycles. The molecule has 1 aromatic rings. The Kier molecular flexibility index (Phi) is 5.52. The highest BCUT2D eigenvalue weighted by molar-refractivity contribution is 6.11. The number of hydrogen-bond donors (Lipinski definition) is 0. The number of carbonyl (C=O) groups is 2. The molecule has 6 nitrogen and oxygen atoms in total. The van der Waals surface area contributed by atoms with Crippen LogP contribution in [0.5, 0.6) is 0 Å². The Bertz CT molecular complexity index is 915. The Balaban J connectivity index is 1.49. The van der Waals surface area contributed by atoms with E-state index in [-0.39, 0.29) is 35.0 Å². The fourth-order valence-corrected chi connectivity index (χ4v) is 5.19. The molecule has 1 aromatic carbocycles. The molecule has 0 aromatic heterocycles. The van der Waals surface area contributed by atoms with Gasteiger partial charge in [0, 0.05) is 31.7 Å². The van der Waals surface area contributed by atoms with Crippen LogP contribution in [0.3, 0.4) is 0 Å². The summed E-state index contributed by atoms with van der Waals surface area (Å²) in [7, 11) is 0. The average molecular weight is 432 g/mol. The molecule has 31 heavy (non-hydrogen) atoms. The zero-order valence-corrected chi connectivity index (χ0v) is 17.3. The molecule has 4 unspecified atom stereocenters. The molecular weight excluding hydrogens is 406 g/mol. The largest absolute Gasteiger partial charge is 0.483 e. The molecule has 4 atom stereocenters. The molecular formula is C23H26F2N2O4. The Morgan fingerprint density at radius 3 is 2.61 bits per heavy atom. The first-order chi connectivity index (χ1) is 15.0. The Morgan fingerprint density at radius 1 is 1.06 bits per heavy atom. The molecule has 0 spiro atoms. The molecule has 8 heteroatoms. The molecule has 1 saturated carbocycles. The van der Waals surface area contributed by atoms with Crippen LogP contribution in [0, 0.1) is 11.7 Å². The Labute approximate surface area is 179 Å². The van der Waals surface area contributed by atoms with E-state index in [1.807, 2.05) is 0 Å². The number of hydrogen-bond acceptors (Lipinski definition) is 5. The lowest BCUT2D eigenvalue weighted by molar-refractivity contribution is -0.136. The van der Waals surface area contributed by atoms with Crippen molar-refractivity contribution < 1.29 is 27.8 Å². The summed E-state index contributed by atoms with van der Waals surface area (Å²) in [4.78, 5) is 30.5. The average Bonchev–Trinajstić information content (AvgIpc) is 3.06. The minimum absolute atomic E-state index is 0.0267. The van der Waals surface area contributed by atoms with E-state index in [0.29, 0.717) is 39.1 Å². The standard InChI is InChI=1S/C23H26F2N2O4/c24-14-5-6-18-16(13-14)21(28)19-20(15-3-1-2-4-17(15)25)27(23(29)22(19)31-18)8-7-26-9-11-30-12-10-26/h1-4,14,16,18,20H,5-13H2. The van der Waals surface area contributed by atoms with E-state index in [0.717, 1.165) is 13.1 Å². The van der Waals surface area contributed by atoms with Gasteiger partial charge in [0.15, 0.2) is 11.5 Å². The van der Waals surface area contributed by atoms with Crippen molar-refractivity contribution in [2.45, 2.75) is 37.6 Å². The number of nitrogens with zero attached hydrogens (tertiary/aromatic N) is 2. The summed E-state index contributed by atoms with van der Waals surface area (Å²) in [6.45, 7) is 3.72. The molecule has 4 aliphatic rings. The van der Waals surface area contributed by atoms with Gasteiger partial charge in [-0.3, -0.25) is 14.5 Å². The first-order valence-corrected chi connectivity index (χ1v) is 11.0. The van der Waals surface area contributed by atoms with Gasteiger partial charge in [-0.1, -0.05) is 18.2 Å². The van der Waals surface area contributed by atoms with Crippen LogP contribution < -0.4 is 0 Å². The van der Waals surface area contributed by atoms with E-state index in [4.69, 9.17) is 9.47 Å². The summed E-state index contributed by atoms with van der Waals surface area (Å²) in [6, 6.07) is 5.35. The van der Waals surface area contributed by atoms with E-state index in [9.17, 15) is 18.4 Å². The summed E-state index contributed by atoms with van der Waals surface area (Å²) in [5.74, 6) is -1.73. The minimum Gasteiger partial charge on any atom is -0.483 e. The molecule has 166 valence electrons. The minimum atomic E-state index is -1.06. The van der Waals surface area contributed by atoms with Crippen molar-refractivity contribution in [3.63, 3.8) is 0 Å². The fourth-order valence-electron chi connectivity index (χ4n) is 5.19. The summed E-state index contributed by atoms with van der Waals surface area (Å²) >= 11 is 0. The lowest BCUT2D eigenvalue weighted by Crippen LogP contribution is -2.43. The van der Waals surface area contributed by atoms with Crippen molar-refractivity contribution in [1.29, 1.82) is 0 Å². The van der Waals surface area contributed by atoms with Gasteiger partial charge in [0.1, 0.15) is 18.1 Å². The van der Waals surface area contributed by atoms with Gasteiger partial charge in [0.25, 0.3) is 5.91 Å². The highest BCUT2D eigenvalue weighted by Gasteiger charge is 2.53. The van der Waals surface area contributed by atoms with Gasteiger partial charge in [-0.15, -0.1) is 0 Å². The third-order valence-electron chi connectivity index (χ3n) is 6.84. The van der Waals surface area contributed by atoms with Gasteiger partial charge in [-0.25, -0.2) is 8.78 Å². The van der Waals surface area contributed by atoms with E-state index in [1.165, 1.54) is 6.07 Å². The lowest BCUT2D eigenvalue weighted by Gasteiger charge is -2.36. The van der Waals surface area contributed by atoms with Crippen LogP contribution in [0.25, 0.3) is 0 Å². The molecule has 5 rings (SSSR count). The summed E-state index contributed by atoms with van der Waals surface area (Å²) in [6.07, 6.45) is -0.727. The number of alkyl halides is 1. The summed E-state index contributed by atoms with van der Waals surface area (Å²) in [5.41, 5.74) is 0.457. The number of Topliss-reactive ketones (excluding diaryl/α,β-unsaturated/α-hetero) is 1.